The summed E-state index contributed by atoms with van der Waals surface area (Å²) in [5.74, 6) is -1.15. The lowest BCUT2D eigenvalue weighted by atomic mass is 9.67. The summed E-state index contributed by atoms with van der Waals surface area (Å²) in [5, 5.41) is 2.48. The Balaban J connectivity index is 1.60. The van der Waals surface area contributed by atoms with E-state index in [0.717, 1.165) is 50.5 Å². The maximum atomic E-state index is 14.1. The highest BCUT2D eigenvalue weighted by molar-refractivity contribution is 7.90. The number of hydrogen-bond donors (Lipinski definition) is 1. The summed E-state index contributed by atoms with van der Waals surface area (Å²) in [7, 11) is -3.32. The molecule has 3 aliphatic rings. The Labute approximate surface area is 160 Å². The molecule has 1 N–H and O–H groups in total. The van der Waals surface area contributed by atoms with Crippen molar-refractivity contribution in [2.45, 2.75) is 57.1 Å². The number of amides is 1. The molecule has 27 heavy (non-hydrogen) atoms. The molecule has 1 heterocycles. The number of anilines is 1. The van der Waals surface area contributed by atoms with Crippen molar-refractivity contribution in [3.8, 4) is 0 Å². The van der Waals surface area contributed by atoms with E-state index in [1.54, 1.807) is 16.4 Å². The minimum absolute atomic E-state index is 0.175. The first-order valence-electron chi connectivity index (χ1n) is 9.88. The minimum atomic E-state index is -3.32. The van der Waals surface area contributed by atoms with Crippen LogP contribution in [0.25, 0.3) is 0 Å². The first kappa shape index (κ1) is 18.9. The van der Waals surface area contributed by atoms with Crippen molar-refractivity contribution in [3.63, 3.8) is 0 Å². The Morgan fingerprint density at radius 1 is 1.22 bits per heavy atom. The normalized spacial score (nSPS) is 25.6. The highest BCUT2D eigenvalue weighted by atomic mass is 32.2. The number of nitrogens with one attached hydrogen (secondary N) is 1. The maximum Gasteiger partial charge on any atom is 0.229 e. The van der Waals surface area contributed by atoms with Gasteiger partial charge in [0.1, 0.15) is 5.82 Å². The Morgan fingerprint density at radius 3 is 2.59 bits per heavy atom. The average molecular weight is 395 g/mol. The molecule has 1 aliphatic heterocycles. The van der Waals surface area contributed by atoms with E-state index in [9.17, 15) is 17.6 Å². The SMILES string of the molecule is Cc1ccc(F)c(NC(=O)[C@H]2CN(S(=O)(=O)C3CC3)CC23CCCCC3)c1. The van der Waals surface area contributed by atoms with Crippen LogP contribution in [0.3, 0.4) is 0 Å². The van der Waals surface area contributed by atoms with Gasteiger partial charge in [-0.25, -0.2) is 17.1 Å². The molecule has 3 fully saturated rings. The third kappa shape index (κ3) is 3.51. The number of nitrogens with zero attached hydrogens (tertiary/aromatic N) is 1. The third-order valence-corrected chi connectivity index (χ3v) is 8.78. The zero-order valence-electron chi connectivity index (χ0n) is 15.7. The van der Waals surface area contributed by atoms with Gasteiger partial charge in [-0.05, 0) is 55.7 Å². The molecule has 1 amide bonds. The molecule has 1 aromatic carbocycles. The van der Waals surface area contributed by atoms with Crippen LogP contribution in [0.2, 0.25) is 0 Å². The van der Waals surface area contributed by atoms with Crippen LogP contribution >= 0.6 is 0 Å². The summed E-state index contributed by atoms with van der Waals surface area (Å²) in [6, 6.07) is 4.63. The van der Waals surface area contributed by atoms with Gasteiger partial charge in [-0.1, -0.05) is 25.3 Å². The van der Waals surface area contributed by atoms with Gasteiger partial charge in [0.25, 0.3) is 0 Å². The molecule has 2 aliphatic carbocycles. The molecule has 1 aromatic rings. The van der Waals surface area contributed by atoms with E-state index >= 15 is 0 Å². The van der Waals surface area contributed by atoms with Crippen molar-refractivity contribution in [2.75, 3.05) is 18.4 Å². The van der Waals surface area contributed by atoms with Gasteiger partial charge in [0.15, 0.2) is 0 Å². The zero-order chi connectivity index (χ0) is 19.2. The fourth-order valence-electron chi connectivity index (χ4n) is 4.77. The smallest absolute Gasteiger partial charge is 0.229 e. The first-order chi connectivity index (χ1) is 12.8. The van der Waals surface area contributed by atoms with Crippen molar-refractivity contribution < 1.29 is 17.6 Å². The van der Waals surface area contributed by atoms with Gasteiger partial charge < -0.3 is 5.32 Å². The summed E-state index contributed by atoms with van der Waals surface area (Å²) in [6.07, 6.45) is 6.31. The van der Waals surface area contributed by atoms with Gasteiger partial charge in [-0.2, -0.15) is 0 Å². The van der Waals surface area contributed by atoms with Crippen LogP contribution in [0.1, 0.15) is 50.5 Å². The minimum Gasteiger partial charge on any atom is -0.323 e. The van der Waals surface area contributed by atoms with Crippen LogP contribution < -0.4 is 5.32 Å². The van der Waals surface area contributed by atoms with E-state index in [0.29, 0.717) is 6.54 Å². The molecule has 0 unspecified atom stereocenters. The van der Waals surface area contributed by atoms with Gasteiger partial charge >= 0.3 is 0 Å². The van der Waals surface area contributed by atoms with E-state index in [2.05, 4.69) is 5.32 Å². The lowest BCUT2D eigenvalue weighted by molar-refractivity contribution is -0.123. The number of rotatable bonds is 4. The molecule has 0 bridgehead atoms. The van der Waals surface area contributed by atoms with E-state index in [1.807, 2.05) is 6.92 Å². The van der Waals surface area contributed by atoms with E-state index in [-0.39, 0.29) is 28.8 Å². The fourth-order valence-corrected chi connectivity index (χ4v) is 6.72. The van der Waals surface area contributed by atoms with Crippen LogP contribution in [0.5, 0.6) is 0 Å². The lowest BCUT2D eigenvalue weighted by Crippen LogP contribution is -2.39. The van der Waals surface area contributed by atoms with Gasteiger partial charge in [0.2, 0.25) is 15.9 Å². The van der Waals surface area contributed by atoms with Crippen molar-refractivity contribution in [1.29, 1.82) is 0 Å². The van der Waals surface area contributed by atoms with Crippen LogP contribution in [0.4, 0.5) is 10.1 Å². The number of carbonyl (C=O) groups excluding carboxylic acids is 1. The zero-order valence-corrected chi connectivity index (χ0v) is 16.5. The Kier molecular flexibility index (Phi) is 4.79. The van der Waals surface area contributed by atoms with Crippen molar-refractivity contribution in [3.05, 3.63) is 29.6 Å². The van der Waals surface area contributed by atoms with Crippen LogP contribution in [0.15, 0.2) is 18.2 Å². The number of aryl methyl sites for hydroxylation is 1. The second-order valence-corrected chi connectivity index (χ2v) is 10.7. The number of carbonyl (C=O) groups is 1. The first-order valence-corrected chi connectivity index (χ1v) is 11.4. The number of halogens is 1. The Morgan fingerprint density at radius 2 is 1.93 bits per heavy atom. The summed E-state index contributed by atoms with van der Waals surface area (Å²) in [6.45, 7) is 2.50. The molecule has 0 radical (unpaired) electrons. The molecule has 7 heteroatoms. The fraction of sp³-hybridized carbons (Fsp3) is 0.650. The van der Waals surface area contributed by atoms with Crippen LogP contribution in [0, 0.1) is 24.1 Å². The molecule has 148 valence electrons. The van der Waals surface area contributed by atoms with Gasteiger partial charge in [0.05, 0.1) is 16.9 Å². The van der Waals surface area contributed by atoms with Gasteiger partial charge in [-0.15, -0.1) is 0 Å². The van der Waals surface area contributed by atoms with Crippen LogP contribution in [-0.4, -0.2) is 37.0 Å². The molecule has 1 spiro atoms. The summed E-state index contributed by atoms with van der Waals surface area (Å²) >= 11 is 0. The summed E-state index contributed by atoms with van der Waals surface area (Å²) in [4.78, 5) is 13.1. The second kappa shape index (κ2) is 6.85. The number of sulfonamides is 1. The quantitative estimate of drug-likeness (QED) is 0.851. The van der Waals surface area contributed by atoms with Crippen molar-refractivity contribution in [2.24, 2.45) is 11.3 Å². The average Bonchev–Trinajstić information content (AvgIpc) is 3.43. The van der Waals surface area contributed by atoms with E-state index in [4.69, 9.17) is 0 Å². The summed E-state index contributed by atoms with van der Waals surface area (Å²) < 4.78 is 41.2. The molecule has 0 aromatic heterocycles. The van der Waals surface area contributed by atoms with Crippen LogP contribution in [-0.2, 0) is 14.8 Å². The van der Waals surface area contributed by atoms with Gasteiger partial charge in [-0.3, -0.25) is 4.79 Å². The van der Waals surface area contributed by atoms with Gasteiger partial charge in [0, 0.05) is 13.1 Å². The lowest BCUT2D eigenvalue weighted by Gasteiger charge is -2.37. The highest BCUT2D eigenvalue weighted by Gasteiger charge is 2.55. The van der Waals surface area contributed by atoms with Crippen molar-refractivity contribution in [1.82, 2.24) is 4.31 Å². The highest BCUT2D eigenvalue weighted by Crippen LogP contribution is 2.50. The number of benzene rings is 1. The predicted octanol–water partition coefficient (Wildman–Crippen LogP) is 3.45. The molecule has 4 rings (SSSR count). The molecule has 5 nitrogen and oxygen atoms in total. The number of hydrogen-bond acceptors (Lipinski definition) is 3. The standard InChI is InChI=1S/C20H27FN2O3S/c1-14-5-8-17(21)18(11-14)22-19(24)16-12-23(27(25,26)15-6-7-15)13-20(16)9-3-2-4-10-20/h5,8,11,15-16H,2-4,6-7,9-10,12-13H2,1H3,(H,22,24)/t16-/m1/s1. The Hall–Kier alpha value is -1.47. The molecular weight excluding hydrogens is 367 g/mol. The van der Waals surface area contributed by atoms with E-state index in [1.165, 1.54) is 6.07 Å². The largest absolute Gasteiger partial charge is 0.323 e. The topological polar surface area (TPSA) is 66.5 Å². The Bertz CT molecular complexity index is 845. The van der Waals surface area contributed by atoms with E-state index < -0.39 is 21.8 Å². The summed E-state index contributed by atoms with van der Waals surface area (Å²) in [5.41, 5.74) is 0.725. The predicted molar refractivity (Wildman–Crippen MR) is 102 cm³/mol. The second-order valence-electron chi connectivity index (χ2n) is 8.48. The third-order valence-electron chi connectivity index (χ3n) is 6.47. The molecule has 2 saturated carbocycles. The maximum absolute atomic E-state index is 14.1. The van der Waals surface area contributed by atoms with Crippen molar-refractivity contribution >= 4 is 21.6 Å². The molecule has 1 atom stereocenters. The molecular formula is C20H27FN2O3S. The molecule has 1 saturated heterocycles. The monoisotopic (exact) mass is 394 g/mol.